The third kappa shape index (κ3) is 2.32. The Labute approximate surface area is 105 Å². The van der Waals surface area contributed by atoms with Gasteiger partial charge >= 0.3 is 0 Å². The predicted octanol–water partition coefficient (Wildman–Crippen LogP) is 2.97. The first kappa shape index (κ1) is 12.5. The van der Waals surface area contributed by atoms with Crippen LogP contribution in [0.3, 0.4) is 0 Å². The van der Waals surface area contributed by atoms with Crippen molar-refractivity contribution < 1.29 is 9.18 Å². The molecule has 0 aliphatic rings. The van der Waals surface area contributed by atoms with Gasteiger partial charge in [-0.05, 0) is 37.1 Å². The van der Waals surface area contributed by atoms with Crippen LogP contribution in [0.5, 0.6) is 0 Å². The van der Waals surface area contributed by atoms with Gasteiger partial charge in [0, 0.05) is 24.5 Å². The van der Waals surface area contributed by atoms with E-state index in [2.05, 4.69) is 4.98 Å². The van der Waals surface area contributed by atoms with Crippen LogP contribution < -0.4 is 0 Å². The van der Waals surface area contributed by atoms with Crippen LogP contribution in [0.25, 0.3) is 0 Å². The molecule has 0 aliphatic carbocycles. The lowest BCUT2D eigenvalue weighted by atomic mass is 10.0. The van der Waals surface area contributed by atoms with Gasteiger partial charge in [-0.3, -0.25) is 4.79 Å². The van der Waals surface area contributed by atoms with Gasteiger partial charge in [-0.25, -0.2) is 9.37 Å². The highest BCUT2D eigenvalue weighted by molar-refractivity contribution is 6.07. The lowest BCUT2D eigenvalue weighted by Crippen LogP contribution is -2.12. The number of imidazole rings is 1. The van der Waals surface area contributed by atoms with E-state index in [1.165, 1.54) is 18.2 Å². The molecule has 2 aromatic rings. The van der Waals surface area contributed by atoms with Crippen molar-refractivity contribution >= 4 is 5.78 Å². The van der Waals surface area contributed by atoms with Gasteiger partial charge in [0.1, 0.15) is 5.82 Å². The van der Waals surface area contributed by atoms with Crippen molar-refractivity contribution in [3.63, 3.8) is 0 Å². The molecule has 0 saturated heterocycles. The standard InChI is InChI=1S/C14H15FN2O/c1-3-7-17-8-6-16-14(17)13(18)12-5-4-11(15)9-10(12)2/h4-6,8-9H,3,7H2,1-2H3. The molecular weight excluding hydrogens is 231 g/mol. The zero-order valence-electron chi connectivity index (χ0n) is 10.5. The second kappa shape index (κ2) is 5.12. The van der Waals surface area contributed by atoms with Crippen molar-refractivity contribution in [2.24, 2.45) is 0 Å². The van der Waals surface area contributed by atoms with Crippen molar-refractivity contribution in [1.82, 2.24) is 9.55 Å². The third-order valence-corrected chi connectivity index (χ3v) is 2.82. The molecule has 1 heterocycles. The van der Waals surface area contributed by atoms with E-state index in [9.17, 15) is 9.18 Å². The van der Waals surface area contributed by atoms with E-state index in [0.29, 0.717) is 17.0 Å². The average molecular weight is 246 g/mol. The molecule has 0 unspecified atom stereocenters. The Hall–Kier alpha value is -1.97. The zero-order chi connectivity index (χ0) is 13.1. The number of halogens is 1. The minimum Gasteiger partial charge on any atom is -0.328 e. The van der Waals surface area contributed by atoms with Crippen molar-refractivity contribution in [2.45, 2.75) is 26.8 Å². The maximum absolute atomic E-state index is 13.0. The number of aryl methyl sites for hydroxylation is 2. The van der Waals surface area contributed by atoms with Crippen molar-refractivity contribution in [1.29, 1.82) is 0 Å². The van der Waals surface area contributed by atoms with E-state index >= 15 is 0 Å². The summed E-state index contributed by atoms with van der Waals surface area (Å²) >= 11 is 0. The number of rotatable bonds is 4. The number of aromatic nitrogens is 2. The first-order valence-electron chi connectivity index (χ1n) is 5.95. The van der Waals surface area contributed by atoms with Crippen LogP contribution in [-0.2, 0) is 6.54 Å². The Bertz CT molecular complexity index is 575. The van der Waals surface area contributed by atoms with Gasteiger partial charge in [0.15, 0.2) is 5.82 Å². The molecular formula is C14H15FN2O. The molecule has 4 heteroatoms. The molecule has 1 aromatic heterocycles. The number of nitrogens with zero attached hydrogens (tertiary/aromatic N) is 2. The summed E-state index contributed by atoms with van der Waals surface area (Å²) in [5.41, 5.74) is 1.13. The summed E-state index contributed by atoms with van der Waals surface area (Å²) in [5.74, 6) is -0.0848. The fourth-order valence-corrected chi connectivity index (χ4v) is 1.94. The molecule has 2 rings (SSSR count). The number of benzene rings is 1. The number of hydrogen-bond acceptors (Lipinski definition) is 2. The Morgan fingerprint density at radius 3 is 2.89 bits per heavy atom. The van der Waals surface area contributed by atoms with Crippen molar-refractivity contribution in [2.75, 3.05) is 0 Å². The molecule has 3 nitrogen and oxygen atoms in total. The lowest BCUT2D eigenvalue weighted by molar-refractivity contribution is 0.102. The van der Waals surface area contributed by atoms with Crippen LogP contribution >= 0.6 is 0 Å². The van der Waals surface area contributed by atoms with Gasteiger partial charge in [0.05, 0.1) is 0 Å². The second-order valence-electron chi connectivity index (χ2n) is 4.23. The molecule has 0 spiro atoms. The molecule has 0 N–H and O–H groups in total. The fourth-order valence-electron chi connectivity index (χ4n) is 1.94. The van der Waals surface area contributed by atoms with Gasteiger partial charge in [-0.2, -0.15) is 0 Å². The molecule has 0 fully saturated rings. The maximum atomic E-state index is 13.0. The van der Waals surface area contributed by atoms with Crippen LogP contribution in [0.1, 0.15) is 35.1 Å². The van der Waals surface area contributed by atoms with Gasteiger partial charge in [0.25, 0.3) is 0 Å². The Morgan fingerprint density at radius 1 is 1.44 bits per heavy atom. The summed E-state index contributed by atoms with van der Waals surface area (Å²) in [5, 5.41) is 0. The van der Waals surface area contributed by atoms with Gasteiger partial charge in [-0.1, -0.05) is 6.92 Å². The Balaban J connectivity index is 2.38. The van der Waals surface area contributed by atoms with Crippen LogP contribution in [0.2, 0.25) is 0 Å². The largest absolute Gasteiger partial charge is 0.328 e. The molecule has 94 valence electrons. The van der Waals surface area contributed by atoms with Crippen LogP contribution in [0.15, 0.2) is 30.6 Å². The molecule has 0 radical (unpaired) electrons. The summed E-state index contributed by atoms with van der Waals surface area (Å²) < 4.78 is 14.8. The van der Waals surface area contributed by atoms with Gasteiger partial charge < -0.3 is 4.57 Å². The molecule has 0 atom stereocenters. The molecule has 0 bridgehead atoms. The fraction of sp³-hybridized carbons (Fsp3) is 0.286. The first-order chi connectivity index (χ1) is 8.63. The first-order valence-corrected chi connectivity index (χ1v) is 5.95. The topological polar surface area (TPSA) is 34.9 Å². The molecule has 0 saturated carbocycles. The van der Waals surface area contributed by atoms with Crippen LogP contribution in [-0.4, -0.2) is 15.3 Å². The summed E-state index contributed by atoms with van der Waals surface area (Å²) in [6.45, 7) is 4.52. The van der Waals surface area contributed by atoms with Crippen LogP contribution in [0.4, 0.5) is 4.39 Å². The number of carbonyl (C=O) groups excluding carboxylic acids is 1. The monoisotopic (exact) mass is 246 g/mol. The summed E-state index contributed by atoms with van der Waals surface area (Å²) in [7, 11) is 0. The molecule has 18 heavy (non-hydrogen) atoms. The number of ketones is 1. The molecule has 0 aliphatic heterocycles. The average Bonchev–Trinajstić information content (AvgIpc) is 2.77. The smallest absolute Gasteiger partial charge is 0.228 e. The van der Waals surface area contributed by atoms with Crippen LogP contribution in [0, 0.1) is 12.7 Å². The van der Waals surface area contributed by atoms with Crippen molar-refractivity contribution in [3.05, 3.63) is 53.4 Å². The maximum Gasteiger partial charge on any atom is 0.228 e. The van der Waals surface area contributed by atoms with E-state index in [4.69, 9.17) is 0 Å². The predicted molar refractivity (Wildman–Crippen MR) is 67.1 cm³/mol. The highest BCUT2D eigenvalue weighted by atomic mass is 19.1. The summed E-state index contributed by atoms with van der Waals surface area (Å²) in [6, 6.07) is 4.17. The highest BCUT2D eigenvalue weighted by Crippen LogP contribution is 2.15. The minimum atomic E-state index is -0.332. The van der Waals surface area contributed by atoms with E-state index < -0.39 is 0 Å². The highest BCUT2D eigenvalue weighted by Gasteiger charge is 2.17. The minimum absolute atomic E-state index is 0.161. The Morgan fingerprint density at radius 2 is 2.22 bits per heavy atom. The van der Waals surface area contributed by atoms with Gasteiger partial charge in [0.2, 0.25) is 5.78 Å². The number of hydrogen-bond donors (Lipinski definition) is 0. The Kier molecular flexibility index (Phi) is 3.55. The molecule has 1 aromatic carbocycles. The third-order valence-electron chi connectivity index (χ3n) is 2.82. The van der Waals surface area contributed by atoms with E-state index in [-0.39, 0.29) is 11.6 Å². The second-order valence-corrected chi connectivity index (χ2v) is 4.23. The summed E-state index contributed by atoms with van der Waals surface area (Å²) in [4.78, 5) is 16.4. The normalized spacial score (nSPS) is 10.6. The van der Waals surface area contributed by atoms with E-state index in [1.54, 1.807) is 19.3 Å². The van der Waals surface area contributed by atoms with Crippen molar-refractivity contribution in [3.8, 4) is 0 Å². The quantitative estimate of drug-likeness (QED) is 0.777. The zero-order valence-corrected chi connectivity index (χ0v) is 10.5. The van der Waals surface area contributed by atoms with E-state index in [1.807, 2.05) is 11.5 Å². The van der Waals surface area contributed by atoms with Gasteiger partial charge in [-0.15, -0.1) is 0 Å². The molecule has 0 amide bonds. The SMILES string of the molecule is CCCn1ccnc1C(=O)c1ccc(F)cc1C. The number of carbonyl (C=O) groups is 1. The lowest BCUT2D eigenvalue weighted by Gasteiger charge is -2.07. The van der Waals surface area contributed by atoms with E-state index in [0.717, 1.165) is 13.0 Å². The summed E-state index contributed by atoms with van der Waals surface area (Å²) in [6.07, 6.45) is 4.33.